The van der Waals surface area contributed by atoms with Gasteiger partial charge >= 0.3 is 0 Å². The van der Waals surface area contributed by atoms with E-state index in [2.05, 4.69) is 0 Å². The first-order chi connectivity index (χ1) is 8.00. The van der Waals surface area contributed by atoms with E-state index in [1.165, 1.54) is 13.0 Å². The van der Waals surface area contributed by atoms with Gasteiger partial charge in [0.1, 0.15) is 5.78 Å². The number of rotatable bonds is 6. The lowest BCUT2D eigenvalue weighted by Gasteiger charge is -2.02. The molecule has 0 aliphatic carbocycles. The van der Waals surface area contributed by atoms with Crippen LogP contribution in [0.25, 0.3) is 0 Å². The summed E-state index contributed by atoms with van der Waals surface area (Å²) in [5, 5.41) is 0. The van der Waals surface area contributed by atoms with Crippen molar-refractivity contribution >= 4 is 16.6 Å². The van der Waals surface area contributed by atoms with Crippen molar-refractivity contribution in [2.24, 2.45) is 0 Å². The van der Waals surface area contributed by atoms with Crippen LogP contribution in [-0.4, -0.2) is 15.7 Å². The molecule has 0 heterocycles. The fraction of sp³-hybridized carbons (Fsp3) is 0.417. The summed E-state index contributed by atoms with van der Waals surface area (Å²) in [7, 11) is -1.33. The van der Waals surface area contributed by atoms with Crippen molar-refractivity contribution in [2.75, 3.05) is 5.75 Å². The SMILES string of the molecule is CC(=O)CCCCS(=O)c1ccc(F)c(F)c1. The molecule has 1 aromatic carbocycles. The van der Waals surface area contributed by atoms with Crippen molar-refractivity contribution in [2.45, 2.75) is 31.1 Å². The molecule has 0 bridgehead atoms. The van der Waals surface area contributed by atoms with Crippen molar-refractivity contribution in [1.82, 2.24) is 0 Å². The van der Waals surface area contributed by atoms with Gasteiger partial charge in [-0.2, -0.15) is 0 Å². The van der Waals surface area contributed by atoms with Crippen LogP contribution in [0.1, 0.15) is 26.2 Å². The number of benzene rings is 1. The lowest BCUT2D eigenvalue weighted by molar-refractivity contribution is -0.117. The first-order valence-electron chi connectivity index (χ1n) is 5.33. The summed E-state index contributed by atoms with van der Waals surface area (Å²) in [6.07, 6.45) is 1.77. The predicted octanol–water partition coefficient (Wildman–Crippen LogP) is 2.83. The Labute approximate surface area is 101 Å². The highest BCUT2D eigenvalue weighted by atomic mass is 32.2. The fourth-order valence-corrected chi connectivity index (χ4v) is 2.50. The molecule has 5 heteroatoms. The van der Waals surface area contributed by atoms with Gasteiger partial charge in [-0.1, -0.05) is 0 Å². The molecule has 1 unspecified atom stereocenters. The topological polar surface area (TPSA) is 34.1 Å². The van der Waals surface area contributed by atoms with Gasteiger partial charge in [-0.05, 0) is 38.0 Å². The Kier molecular flexibility index (Phi) is 5.41. The number of hydrogen-bond donors (Lipinski definition) is 0. The molecule has 0 N–H and O–H groups in total. The first-order valence-corrected chi connectivity index (χ1v) is 6.65. The van der Waals surface area contributed by atoms with Gasteiger partial charge in [0.15, 0.2) is 11.6 Å². The summed E-state index contributed by atoms with van der Waals surface area (Å²) >= 11 is 0. The molecule has 0 amide bonds. The molecule has 0 saturated heterocycles. The zero-order chi connectivity index (χ0) is 12.8. The molecule has 0 aromatic heterocycles. The smallest absolute Gasteiger partial charge is 0.160 e. The second-order valence-electron chi connectivity index (χ2n) is 3.78. The van der Waals surface area contributed by atoms with Crippen LogP contribution in [0.5, 0.6) is 0 Å². The Morgan fingerprint density at radius 1 is 1.24 bits per heavy atom. The molecule has 1 rings (SSSR count). The molecule has 0 fully saturated rings. The number of ketones is 1. The molecule has 1 aromatic rings. The Hall–Kier alpha value is -1.10. The van der Waals surface area contributed by atoms with Crippen molar-refractivity contribution in [3.05, 3.63) is 29.8 Å². The minimum absolute atomic E-state index is 0.101. The minimum Gasteiger partial charge on any atom is -0.300 e. The van der Waals surface area contributed by atoms with E-state index in [1.807, 2.05) is 0 Å². The van der Waals surface area contributed by atoms with Gasteiger partial charge in [-0.3, -0.25) is 4.21 Å². The van der Waals surface area contributed by atoms with Gasteiger partial charge in [0.05, 0.1) is 10.8 Å². The van der Waals surface area contributed by atoms with Crippen LogP contribution < -0.4 is 0 Å². The minimum atomic E-state index is -1.33. The van der Waals surface area contributed by atoms with Gasteiger partial charge in [0.2, 0.25) is 0 Å². The first kappa shape index (κ1) is 14.0. The van der Waals surface area contributed by atoms with E-state index >= 15 is 0 Å². The van der Waals surface area contributed by atoms with E-state index in [-0.39, 0.29) is 10.7 Å². The van der Waals surface area contributed by atoms with Crippen molar-refractivity contribution in [3.8, 4) is 0 Å². The number of carbonyl (C=O) groups excluding carboxylic acids is 1. The number of halogens is 2. The summed E-state index contributed by atoms with van der Waals surface area (Å²) in [4.78, 5) is 11.0. The number of Topliss-reactive ketones (excluding diaryl/α,β-unsaturated/α-hetero) is 1. The summed E-state index contributed by atoms with van der Waals surface area (Å²) in [6.45, 7) is 1.51. The van der Waals surface area contributed by atoms with Crippen LogP contribution in [-0.2, 0) is 15.6 Å². The zero-order valence-corrected chi connectivity index (χ0v) is 10.4. The molecule has 1 atom stereocenters. The van der Waals surface area contributed by atoms with Crippen LogP contribution in [0.15, 0.2) is 23.1 Å². The maximum absolute atomic E-state index is 12.9. The van der Waals surface area contributed by atoms with E-state index < -0.39 is 22.4 Å². The Morgan fingerprint density at radius 2 is 1.94 bits per heavy atom. The van der Waals surface area contributed by atoms with Crippen molar-refractivity contribution in [3.63, 3.8) is 0 Å². The summed E-state index contributed by atoms with van der Waals surface area (Å²) in [6, 6.07) is 3.24. The highest BCUT2D eigenvalue weighted by molar-refractivity contribution is 7.85. The van der Waals surface area contributed by atoms with E-state index in [1.54, 1.807) is 0 Å². The molecule has 0 radical (unpaired) electrons. The fourth-order valence-electron chi connectivity index (χ4n) is 1.34. The summed E-state index contributed by atoms with van der Waals surface area (Å²) in [5.41, 5.74) is 0. The van der Waals surface area contributed by atoms with Gasteiger partial charge in [-0.25, -0.2) is 8.78 Å². The zero-order valence-electron chi connectivity index (χ0n) is 9.54. The average molecular weight is 260 g/mol. The molecular weight excluding hydrogens is 246 g/mol. The van der Waals surface area contributed by atoms with Gasteiger partial charge in [-0.15, -0.1) is 0 Å². The number of unbranched alkanes of at least 4 members (excludes halogenated alkanes) is 1. The Balaban J connectivity index is 2.47. The standard InChI is InChI=1S/C12H14F2O2S/c1-9(15)4-2-3-7-17(16)10-5-6-11(13)12(14)8-10/h5-6,8H,2-4,7H2,1H3. The number of hydrogen-bond acceptors (Lipinski definition) is 2. The highest BCUT2D eigenvalue weighted by Crippen LogP contribution is 2.13. The molecule has 2 nitrogen and oxygen atoms in total. The van der Waals surface area contributed by atoms with Crippen LogP contribution in [0.4, 0.5) is 8.78 Å². The lowest BCUT2D eigenvalue weighted by Crippen LogP contribution is -2.00. The molecule has 0 aliphatic rings. The Bertz CT molecular complexity index is 433. The van der Waals surface area contributed by atoms with E-state index in [4.69, 9.17) is 0 Å². The third-order valence-corrected chi connectivity index (χ3v) is 3.70. The molecular formula is C12H14F2O2S. The largest absolute Gasteiger partial charge is 0.300 e. The maximum atomic E-state index is 12.9. The molecule has 0 saturated carbocycles. The molecule has 94 valence electrons. The number of carbonyl (C=O) groups is 1. The van der Waals surface area contributed by atoms with Crippen molar-refractivity contribution in [1.29, 1.82) is 0 Å². The predicted molar refractivity (Wildman–Crippen MR) is 62.2 cm³/mol. The molecule has 0 aliphatic heterocycles. The summed E-state index contributed by atoms with van der Waals surface area (Å²) < 4.78 is 37.2. The quantitative estimate of drug-likeness (QED) is 0.737. The van der Waals surface area contributed by atoms with Gasteiger partial charge in [0.25, 0.3) is 0 Å². The van der Waals surface area contributed by atoms with Crippen LogP contribution in [0.3, 0.4) is 0 Å². The third kappa shape index (κ3) is 4.73. The van der Waals surface area contributed by atoms with Crippen LogP contribution >= 0.6 is 0 Å². The van der Waals surface area contributed by atoms with E-state index in [0.717, 1.165) is 12.1 Å². The second kappa shape index (κ2) is 6.59. The van der Waals surface area contributed by atoms with Crippen LogP contribution in [0.2, 0.25) is 0 Å². The van der Waals surface area contributed by atoms with Crippen LogP contribution in [0, 0.1) is 11.6 Å². The lowest BCUT2D eigenvalue weighted by atomic mass is 10.2. The normalized spacial score (nSPS) is 12.4. The third-order valence-electron chi connectivity index (χ3n) is 2.26. The van der Waals surface area contributed by atoms with Gasteiger partial charge in [0, 0.05) is 17.1 Å². The highest BCUT2D eigenvalue weighted by Gasteiger charge is 2.08. The van der Waals surface area contributed by atoms with Gasteiger partial charge < -0.3 is 4.79 Å². The second-order valence-corrected chi connectivity index (χ2v) is 5.36. The summed E-state index contributed by atoms with van der Waals surface area (Å²) in [5.74, 6) is -1.47. The Morgan fingerprint density at radius 3 is 2.53 bits per heavy atom. The van der Waals surface area contributed by atoms with E-state index in [9.17, 15) is 17.8 Å². The van der Waals surface area contributed by atoms with Crippen molar-refractivity contribution < 1.29 is 17.8 Å². The average Bonchev–Trinajstić information content (AvgIpc) is 2.27. The van der Waals surface area contributed by atoms with E-state index in [0.29, 0.717) is 25.0 Å². The molecule has 17 heavy (non-hydrogen) atoms. The maximum Gasteiger partial charge on any atom is 0.160 e. The monoisotopic (exact) mass is 260 g/mol. The molecule has 0 spiro atoms.